The fourth-order valence-corrected chi connectivity index (χ4v) is 3.61. The number of fused-ring (bicyclic) bond motifs is 2. The summed E-state index contributed by atoms with van der Waals surface area (Å²) in [7, 11) is 1.60. The lowest BCUT2D eigenvalue weighted by Crippen LogP contribution is -2.17. The maximum Gasteiger partial charge on any atom is 0.251 e. The van der Waals surface area contributed by atoms with Crippen LogP contribution in [0.25, 0.3) is 20.2 Å². The van der Waals surface area contributed by atoms with E-state index in [1.54, 1.807) is 36.6 Å². The van der Waals surface area contributed by atoms with Gasteiger partial charge in [0.25, 0.3) is 5.91 Å². The Hall–Kier alpha value is -2.20. The lowest BCUT2D eigenvalue weighted by molar-refractivity contribution is 0.0963. The van der Waals surface area contributed by atoms with Gasteiger partial charge in [-0.25, -0.2) is 0 Å². The smallest absolute Gasteiger partial charge is 0.251 e. The minimum absolute atomic E-state index is 0.0368. The number of carbonyl (C=O) groups excluding carboxylic acids is 1. The van der Waals surface area contributed by atoms with Crippen LogP contribution in [-0.4, -0.2) is 13.0 Å². The van der Waals surface area contributed by atoms with Crippen LogP contribution in [0.5, 0.6) is 0 Å². The van der Waals surface area contributed by atoms with E-state index in [4.69, 9.17) is 0 Å². The Kier molecular flexibility index (Phi) is 3.71. The second-order valence-electron chi connectivity index (χ2n) is 5.63. The van der Waals surface area contributed by atoms with Crippen LogP contribution in [-0.2, 0) is 0 Å². The molecule has 1 heterocycles. The van der Waals surface area contributed by atoms with E-state index in [2.05, 4.69) is 25.2 Å². The van der Waals surface area contributed by atoms with E-state index in [1.165, 1.54) is 0 Å². The number of benzene rings is 2. The van der Waals surface area contributed by atoms with Crippen molar-refractivity contribution in [1.82, 2.24) is 5.32 Å². The molecule has 1 aromatic heterocycles. The average molecular weight is 311 g/mol. The van der Waals surface area contributed by atoms with E-state index >= 15 is 0 Å². The molecule has 0 bridgehead atoms. The largest absolute Gasteiger partial charge is 0.355 e. The number of rotatable bonds is 2. The Morgan fingerprint density at radius 1 is 1.05 bits per heavy atom. The third-order valence-corrected chi connectivity index (χ3v) is 4.98. The summed E-state index contributed by atoms with van der Waals surface area (Å²) >= 11 is 1.55. The summed E-state index contributed by atoms with van der Waals surface area (Å²) in [6.45, 7) is 4.23. The summed E-state index contributed by atoms with van der Waals surface area (Å²) in [5.74, 6) is 0.247. The molecule has 1 N–H and O–H groups in total. The van der Waals surface area contributed by atoms with Crippen LogP contribution in [0.15, 0.2) is 41.2 Å². The zero-order valence-electron chi connectivity index (χ0n) is 12.8. The van der Waals surface area contributed by atoms with Crippen molar-refractivity contribution in [2.45, 2.75) is 19.8 Å². The molecular weight excluding hydrogens is 294 g/mol. The van der Waals surface area contributed by atoms with E-state index in [1.807, 2.05) is 12.1 Å². The van der Waals surface area contributed by atoms with Crippen molar-refractivity contribution in [2.75, 3.05) is 7.05 Å². The van der Waals surface area contributed by atoms with Crippen molar-refractivity contribution < 1.29 is 4.79 Å². The molecule has 0 aliphatic rings. The fourth-order valence-electron chi connectivity index (χ4n) is 2.52. The standard InChI is InChI=1S/C18H17NO2S/c1-10(2)11-5-7-15-14(8-11)17(20)13-6-4-12(18(21)19-3)9-16(13)22-15/h4-10H,1-3H3,(H,19,21). The molecule has 0 fully saturated rings. The summed E-state index contributed by atoms with van der Waals surface area (Å²) in [6, 6.07) is 11.3. The van der Waals surface area contributed by atoms with Crippen molar-refractivity contribution in [3.05, 3.63) is 57.7 Å². The highest BCUT2D eigenvalue weighted by molar-refractivity contribution is 7.24. The SMILES string of the molecule is CNC(=O)c1ccc2c(=O)c3cc(C(C)C)ccc3sc2c1. The number of hydrogen-bond donors (Lipinski definition) is 1. The van der Waals surface area contributed by atoms with Crippen LogP contribution >= 0.6 is 11.3 Å². The molecule has 0 aliphatic heterocycles. The first kappa shape index (κ1) is 14.7. The van der Waals surface area contributed by atoms with Crippen LogP contribution in [0.2, 0.25) is 0 Å². The predicted molar refractivity (Wildman–Crippen MR) is 93.1 cm³/mol. The Labute approximate surface area is 132 Å². The number of amides is 1. The van der Waals surface area contributed by atoms with Gasteiger partial charge in [0.2, 0.25) is 0 Å². The minimum atomic E-state index is -0.142. The number of nitrogens with one attached hydrogen (secondary N) is 1. The highest BCUT2D eigenvalue weighted by Crippen LogP contribution is 2.27. The third-order valence-electron chi connectivity index (χ3n) is 3.85. The van der Waals surface area contributed by atoms with Crippen molar-refractivity contribution in [3.63, 3.8) is 0 Å². The maximum atomic E-state index is 12.7. The van der Waals surface area contributed by atoms with Crippen LogP contribution < -0.4 is 10.7 Å². The van der Waals surface area contributed by atoms with Gasteiger partial charge in [-0.1, -0.05) is 19.9 Å². The molecule has 0 radical (unpaired) electrons. The van der Waals surface area contributed by atoms with Gasteiger partial charge >= 0.3 is 0 Å². The normalized spacial score (nSPS) is 11.3. The molecule has 3 aromatic rings. The third kappa shape index (κ3) is 2.40. The van der Waals surface area contributed by atoms with Crippen molar-refractivity contribution in [1.29, 1.82) is 0 Å². The second-order valence-corrected chi connectivity index (χ2v) is 6.72. The molecule has 0 aliphatic carbocycles. The second kappa shape index (κ2) is 5.54. The van der Waals surface area contributed by atoms with E-state index < -0.39 is 0 Å². The van der Waals surface area contributed by atoms with E-state index in [0.717, 1.165) is 20.3 Å². The summed E-state index contributed by atoms with van der Waals surface area (Å²) in [5, 5.41) is 4.04. The molecule has 1 amide bonds. The van der Waals surface area contributed by atoms with Gasteiger partial charge in [-0.3, -0.25) is 9.59 Å². The summed E-state index contributed by atoms with van der Waals surface area (Å²) in [4.78, 5) is 24.5. The summed E-state index contributed by atoms with van der Waals surface area (Å²) in [5.41, 5.74) is 1.77. The molecule has 0 saturated heterocycles. The maximum absolute atomic E-state index is 12.7. The van der Waals surface area contributed by atoms with Crippen LogP contribution in [0.3, 0.4) is 0 Å². The van der Waals surface area contributed by atoms with Crippen molar-refractivity contribution >= 4 is 37.4 Å². The quantitative estimate of drug-likeness (QED) is 0.730. The lowest BCUT2D eigenvalue weighted by Gasteiger charge is -2.08. The van der Waals surface area contributed by atoms with E-state index in [9.17, 15) is 9.59 Å². The van der Waals surface area contributed by atoms with Gasteiger partial charge in [0.15, 0.2) is 5.43 Å². The molecule has 3 nitrogen and oxygen atoms in total. The Morgan fingerprint density at radius 2 is 1.82 bits per heavy atom. The van der Waals surface area contributed by atoms with Crippen LogP contribution in [0.1, 0.15) is 35.7 Å². The van der Waals surface area contributed by atoms with Crippen LogP contribution in [0, 0.1) is 0 Å². The highest BCUT2D eigenvalue weighted by atomic mass is 32.1. The first-order valence-electron chi connectivity index (χ1n) is 7.24. The number of carbonyl (C=O) groups is 1. The molecule has 22 heavy (non-hydrogen) atoms. The molecule has 0 spiro atoms. The minimum Gasteiger partial charge on any atom is -0.355 e. The first-order valence-corrected chi connectivity index (χ1v) is 8.05. The average Bonchev–Trinajstić information content (AvgIpc) is 2.53. The number of hydrogen-bond acceptors (Lipinski definition) is 3. The molecular formula is C18H17NO2S. The predicted octanol–water partition coefficient (Wildman–Crippen LogP) is 3.90. The van der Waals surface area contributed by atoms with Gasteiger partial charge in [-0.05, 0) is 41.8 Å². The first-order chi connectivity index (χ1) is 10.5. The van der Waals surface area contributed by atoms with Gasteiger partial charge < -0.3 is 5.32 Å². The molecule has 4 heteroatoms. The molecule has 0 unspecified atom stereocenters. The van der Waals surface area contributed by atoms with Gasteiger partial charge in [0.05, 0.1) is 0 Å². The Morgan fingerprint density at radius 3 is 2.50 bits per heavy atom. The molecule has 0 saturated carbocycles. The lowest BCUT2D eigenvalue weighted by atomic mass is 10.0. The Bertz CT molecular complexity index is 941. The monoisotopic (exact) mass is 311 g/mol. The summed E-state index contributed by atoms with van der Waals surface area (Å²) in [6.07, 6.45) is 0. The molecule has 3 rings (SSSR count). The Balaban J connectivity index is 2.31. The fraction of sp³-hybridized carbons (Fsp3) is 0.222. The van der Waals surface area contributed by atoms with Crippen molar-refractivity contribution in [3.8, 4) is 0 Å². The summed E-state index contributed by atoms with van der Waals surface area (Å²) < 4.78 is 1.80. The van der Waals surface area contributed by atoms with E-state index in [-0.39, 0.29) is 11.3 Å². The van der Waals surface area contributed by atoms with Crippen molar-refractivity contribution in [2.24, 2.45) is 0 Å². The molecule has 0 atom stereocenters. The zero-order valence-corrected chi connectivity index (χ0v) is 13.6. The zero-order chi connectivity index (χ0) is 15.9. The molecule has 112 valence electrons. The van der Waals surface area contributed by atoms with Crippen LogP contribution in [0.4, 0.5) is 0 Å². The highest BCUT2D eigenvalue weighted by Gasteiger charge is 2.10. The van der Waals surface area contributed by atoms with Gasteiger partial charge in [0, 0.05) is 32.8 Å². The van der Waals surface area contributed by atoms with Gasteiger partial charge in [0.1, 0.15) is 0 Å². The topological polar surface area (TPSA) is 46.2 Å². The van der Waals surface area contributed by atoms with Gasteiger partial charge in [-0.2, -0.15) is 0 Å². The van der Waals surface area contributed by atoms with Gasteiger partial charge in [-0.15, -0.1) is 11.3 Å². The van der Waals surface area contributed by atoms with E-state index in [0.29, 0.717) is 16.9 Å². The molecule has 2 aromatic carbocycles.